The molecule has 1 aromatic carbocycles. The van der Waals surface area contributed by atoms with Crippen LogP contribution in [0.4, 0.5) is 5.69 Å². The van der Waals surface area contributed by atoms with Gasteiger partial charge in [0.15, 0.2) is 0 Å². The van der Waals surface area contributed by atoms with Crippen LogP contribution in [0.1, 0.15) is 19.8 Å². The summed E-state index contributed by atoms with van der Waals surface area (Å²) in [6, 6.07) is 6.58. The summed E-state index contributed by atoms with van der Waals surface area (Å²) in [6.45, 7) is 3.73. The fourth-order valence-electron chi connectivity index (χ4n) is 2.87. The maximum atomic E-state index is 12.6. The highest BCUT2D eigenvalue weighted by Crippen LogP contribution is 2.25. The van der Waals surface area contributed by atoms with Crippen molar-refractivity contribution in [3.05, 3.63) is 24.3 Å². The molecule has 0 aliphatic carbocycles. The van der Waals surface area contributed by atoms with Gasteiger partial charge in [0, 0.05) is 31.7 Å². The van der Waals surface area contributed by atoms with Crippen LogP contribution in [0.15, 0.2) is 29.2 Å². The van der Waals surface area contributed by atoms with Gasteiger partial charge in [-0.25, -0.2) is 8.42 Å². The Morgan fingerprint density at radius 2 is 1.91 bits per heavy atom. The highest BCUT2D eigenvalue weighted by atomic mass is 32.2. The van der Waals surface area contributed by atoms with E-state index in [-0.39, 0.29) is 16.9 Å². The fourth-order valence-corrected chi connectivity index (χ4v) is 4.37. The van der Waals surface area contributed by atoms with E-state index in [0.717, 1.165) is 12.1 Å². The molecule has 1 aromatic rings. The molecule has 7 heteroatoms. The third kappa shape index (κ3) is 2.88. The summed E-state index contributed by atoms with van der Waals surface area (Å²) in [5.41, 5.74) is 0.761. The lowest BCUT2D eigenvalue weighted by Crippen LogP contribution is -2.44. The zero-order chi connectivity index (χ0) is 15.7. The Hall–Kier alpha value is -1.44. The minimum absolute atomic E-state index is 0.0926. The first-order chi connectivity index (χ1) is 10.5. The van der Waals surface area contributed by atoms with E-state index in [1.165, 1.54) is 4.31 Å². The molecule has 0 N–H and O–H groups in total. The molecular weight excluding hydrogens is 304 g/mol. The first-order valence-electron chi connectivity index (χ1n) is 7.50. The van der Waals surface area contributed by atoms with E-state index in [2.05, 4.69) is 0 Å². The summed E-state index contributed by atoms with van der Waals surface area (Å²) >= 11 is 0. The van der Waals surface area contributed by atoms with Crippen molar-refractivity contribution < 1.29 is 17.9 Å². The molecule has 0 aromatic heterocycles. The van der Waals surface area contributed by atoms with Gasteiger partial charge < -0.3 is 9.64 Å². The number of anilines is 1. The van der Waals surface area contributed by atoms with E-state index in [1.807, 2.05) is 6.92 Å². The molecule has 0 unspecified atom stereocenters. The van der Waals surface area contributed by atoms with Gasteiger partial charge in [0.1, 0.15) is 0 Å². The number of sulfonamides is 1. The molecule has 0 bridgehead atoms. The molecule has 1 atom stereocenters. The summed E-state index contributed by atoms with van der Waals surface area (Å²) in [5.74, 6) is 0.0950. The van der Waals surface area contributed by atoms with Gasteiger partial charge in [-0.3, -0.25) is 4.79 Å². The maximum Gasteiger partial charge on any atom is 0.243 e. The molecule has 120 valence electrons. The smallest absolute Gasteiger partial charge is 0.243 e. The van der Waals surface area contributed by atoms with Gasteiger partial charge in [-0.2, -0.15) is 4.31 Å². The van der Waals surface area contributed by atoms with Crippen molar-refractivity contribution in [2.75, 3.05) is 31.1 Å². The largest absolute Gasteiger partial charge is 0.376 e. The second-order valence-electron chi connectivity index (χ2n) is 5.69. The molecule has 2 heterocycles. The summed E-state index contributed by atoms with van der Waals surface area (Å²) < 4.78 is 32.1. The lowest BCUT2D eigenvalue weighted by molar-refractivity contribution is -0.117. The van der Waals surface area contributed by atoms with Gasteiger partial charge in [0.05, 0.1) is 17.6 Å². The van der Waals surface area contributed by atoms with Crippen molar-refractivity contribution in [1.82, 2.24) is 4.31 Å². The Bertz CT molecular complexity index is 657. The van der Waals surface area contributed by atoms with Gasteiger partial charge in [0.2, 0.25) is 15.9 Å². The summed E-state index contributed by atoms with van der Waals surface area (Å²) in [5, 5.41) is 0. The number of hydrogen-bond donors (Lipinski definition) is 0. The van der Waals surface area contributed by atoms with E-state index in [4.69, 9.17) is 4.74 Å². The number of ether oxygens (including phenoxy) is 1. The van der Waals surface area contributed by atoms with Gasteiger partial charge in [0.25, 0.3) is 0 Å². The lowest BCUT2D eigenvalue weighted by Gasteiger charge is -2.30. The van der Waals surface area contributed by atoms with Crippen molar-refractivity contribution in [2.24, 2.45) is 0 Å². The Labute approximate surface area is 130 Å². The summed E-state index contributed by atoms with van der Waals surface area (Å²) in [4.78, 5) is 13.7. The number of amides is 1. The maximum absolute atomic E-state index is 12.6. The van der Waals surface area contributed by atoms with Crippen molar-refractivity contribution in [1.29, 1.82) is 0 Å². The van der Waals surface area contributed by atoms with Crippen LogP contribution in [0.3, 0.4) is 0 Å². The van der Waals surface area contributed by atoms with E-state index in [0.29, 0.717) is 32.7 Å². The van der Waals surface area contributed by atoms with Gasteiger partial charge in [-0.05, 0) is 37.6 Å². The molecule has 0 spiro atoms. The van der Waals surface area contributed by atoms with Crippen LogP contribution in [-0.2, 0) is 19.6 Å². The molecule has 2 aliphatic heterocycles. The van der Waals surface area contributed by atoms with Crippen molar-refractivity contribution in [3.63, 3.8) is 0 Å². The third-order valence-electron chi connectivity index (χ3n) is 4.06. The van der Waals surface area contributed by atoms with Crippen LogP contribution < -0.4 is 4.90 Å². The number of nitrogens with zero attached hydrogens (tertiary/aromatic N) is 2. The zero-order valence-corrected chi connectivity index (χ0v) is 13.4. The van der Waals surface area contributed by atoms with Crippen molar-refractivity contribution in [2.45, 2.75) is 30.8 Å². The van der Waals surface area contributed by atoms with Crippen molar-refractivity contribution >= 4 is 21.6 Å². The van der Waals surface area contributed by atoms with Crippen LogP contribution in [0.25, 0.3) is 0 Å². The molecule has 22 heavy (non-hydrogen) atoms. The van der Waals surface area contributed by atoms with E-state index in [1.54, 1.807) is 29.2 Å². The molecule has 0 radical (unpaired) electrons. The first kappa shape index (κ1) is 15.5. The quantitative estimate of drug-likeness (QED) is 0.838. The second-order valence-corrected chi connectivity index (χ2v) is 7.63. The zero-order valence-electron chi connectivity index (χ0n) is 12.6. The fraction of sp³-hybridized carbons (Fsp3) is 0.533. The standard InChI is InChI=1S/C15H20N2O4S/c1-12-11-16(9-10-21-12)22(19,20)14-6-4-13(5-7-14)17-8-2-3-15(17)18/h4-7,12H,2-3,8-11H2,1H3/t12-/m0/s1. The molecule has 0 saturated carbocycles. The average molecular weight is 324 g/mol. The van der Waals surface area contributed by atoms with Crippen LogP contribution in [0.5, 0.6) is 0 Å². The van der Waals surface area contributed by atoms with Gasteiger partial charge in [-0.15, -0.1) is 0 Å². The number of carbonyl (C=O) groups excluding carboxylic acids is 1. The molecule has 2 saturated heterocycles. The number of morpholine rings is 1. The SMILES string of the molecule is C[C@H]1CN(S(=O)(=O)c2ccc(N3CCCC3=O)cc2)CCO1. The predicted molar refractivity (Wildman–Crippen MR) is 82.2 cm³/mol. The Morgan fingerprint density at radius 1 is 1.18 bits per heavy atom. The van der Waals surface area contributed by atoms with Crippen LogP contribution in [-0.4, -0.2) is 51.0 Å². The number of carbonyl (C=O) groups is 1. The minimum atomic E-state index is -3.50. The third-order valence-corrected chi connectivity index (χ3v) is 5.94. The Kier molecular flexibility index (Phi) is 4.20. The summed E-state index contributed by atoms with van der Waals surface area (Å²) in [6.07, 6.45) is 1.32. The highest BCUT2D eigenvalue weighted by molar-refractivity contribution is 7.89. The minimum Gasteiger partial charge on any atom is -0.376 e. The van der Waals surface area contributed by atoms with Crippen LogP contribution >= 0.6 is 0 Å². The molecule has 3 rings (SSSR count). The van der Waals surface area contributed by atoms with E-state index in [9.17, 15) is 13.2 Å². The molecule has 6 nitrogen and oxygen atoms in total. The normalized spacial score (nSPS) is 24.0. The highest BCUT2D eigenvalue weighted by Gasteiger charge is 2.29. The molecular formula is C15H20N2O4S. The van der Waals surface area contributed by atoms with Crippen LogP contribution in [0.2, 0.25) is 0 Å². The monoisotopic (exact) mass is 324 g/mol. The van der Waals surface area contributed by atoms with E-state index < -0.39 is 10.0 Å². The molecule has 2 aliphatic rings. The average Bonchev–Trinajstić information content (AvgIpc) is 2.93. The number of hydrogen-bond acceptors (Lipinski definition) is 4. The van der Waals surface area contributed by atoms with Gasteiger partial charge >= 0.3 is 0 Å². The Balaban J connectivity index is 1.81. The number of rotatable bonds is 3. The van der Waals surface area contributed by atoms with Crippen molar-refractivity contribution in [3.8, 4) is 0 Å². The molecule has 2 fully saturated rings. The second kappa shape index (κ2) is 5.98. The Morgan fingerprint density at radius 3 is 2.50 bits per heavy atom. The lowest BCUT2D eigenvalue weighted by atomic mass is 10.3. The van der Waals surface area contributed by atoms with Gasteiger partial charge in [-0.1, -0.05) is 0 Å². The van der Waals surface area contributed by atoms with Crippen LogP contribution in [0, 0.1) is 0 Å². The predicted octanol–water partition coefficient (Wildman–Crippen LogP) is 1.22. The topological polar surface area (TPSA) is 66.9 Å². The first-order valence-corrected chi connectivity index (χ1v) is 8.95. The molecule has 1 amide bonds. The summed E-state index contributed by atoms with van der Waals surface area (Å²) in [7, 11) is -3.50. The van der Waals surface area contributed by atoms with E-state index >= 15 is 0 Å². The number of benzene rings is 1.